The molecule has 1 aromatic carbocycles. The summed E-state index contributed by atoms with van der Waals surface area (Å²) < 4.78 is 3.48. The molecular weight excluding hydrogens is 304 g/mol. The van der Waals surface area contributed by atoms with Gasteiger partial charge in [0.15, 0.2) is 0 Å². The fraction of sp³-hybridized carbons (Fsp3) is 0.188. The van der Waals surface area contributed by atoms with Crippen LogP contribution in [0.3, 0.4) is 0 Å². The Bertz CT molecular complexity index is 929. The van der Waals surface area contributed by atoms with E-state index in [9.17, 15) is 0 Å². The van der Waals surface area contributed by atoms with Crippen molar-refractivity contribution in [2.24, 2.45) is 0 Å². The molecule has 0 spiro atoms. The standard InChI is InChI=1S/C16H16N8/c1-12(8-23-10-17-9-19-23)20-15-7-14(13-5-3-2-4-6-13)22-24-11-18-21-16(15)24/h2-7,9-12,20H,8H2,1H3. The van der Waals surface area contributed by atoms with E-state index < -0.39 is 0 Å². The predicted molar refractivity (Wildman–Crippen MR) is 89.3 cm³/mol. The van der Waals surface area contributed by atoms with Crippen molar-refractivity contribution in [3.8, 4) is 11.3 Å². The first-order valence-electron chi connectivity index (χ1n) is 7.65. The highest BCUT2D eigenvalue weighted by atomic mass is 15.4. The lowest BCUT2D eigenvalue weighted by atomic mass is 10.1. The van der Waals surface area contributed by atoms with Crippen LogP contribution in [0.5, 0.6) is 0 Å². The van der Waals surface area contributed by atoms with E-state index in [0.29, 0.717) is 12.2 Å². The first kappa shape index (κ1) is 14.3. The lowest BCUT2D eigenvalue weighted by Gasteiger charge is -2.16. The molecule has 0 radical (unpaired) electrons. The smallest absolute Gasteiger partial charge is 0.200 e. The second-order valence-corrected chi connectivity index (χ2v) is 5.57. The molecule has 0 saturated carbocycles. The van der Waals surface area contributed by atoms with Crippen molar-refractivity contribution in [3.05, 3.63) is 55.4 Å². The minimum Gasteiger partial charge on any atom is -0.378 e. The van der Waals surface area contributed by atoms with Gasteiger partial charge in [0.05, 0.1) is 17.9 Å². The van der Waals surface area contributed by atoms with Gasteiger partial charge in [0.1, 0.15) is 19.0 Å². The van der Waals surface area contributed by atoms with Crippen LogP contribution in [0.15, 0.2) is 55.4 Å². The quantitative estimate of drug-likeness (QED) is 0.604. The summed E-state index contributed by atoms with van der Waals surface area (Å²) in [5.74, 6) is 0. The summed E-state index contributed by atoms with van der Waals surface area (Å²) in [6, 6.07) is 12.2. The molecule has 0 aliphatic heterocycles. The van der Waals surface area contributed by atoms with Gasteiger partial charge in [0.2, 0.25) is 5.65 Å². The van der Waals surface area contributed by atoms with Crippen molar-refractivity contribution in [3.63, 3.8) is 0 Å². The zero-order chi connectivity index (χ0) is 16.4. The molecule has 8 heteroatoms. The normalized spacial score (nSPS) is 12.4. The van der Waals surface area contributed by atoms with Gasteiger partial charge in [-0.05, 0) is 13.0 Å². The summed E-state index contributed by atoms with van der Waals surface area (Å²) in [5, 5.41) is 20.3. The Balaban J connectivity index is 1.67. The van der Waals surface area contributed by atoms with Gasteiger partial charge in [-0.15, -0.1) is 10.2 Å². The van der Waals surface area contributed by atoms with E-state index in [4.69, 9.17) is 0 Å². The topological polar surface area (TPSA) is 85.8 Å². The molecule has 0 fully saturated rings. The molecule has 4 rings (SSSR count). The zero-order valence-corrected chi connectivity index (χ0v) is 13.1. The number of rotatable bonds is 5. The van der Waals surface area contributed by atoms with Crippen molar-refractivity contribution in [1.82, 2.24) is 34.6 Å². The average molecular weight is 320 g/mol. The van der Waals surface area contributed by atoms with E-state index in [0.717, 1.165) is 16.9 Å². The van der Waals surface area contributed by atoms with Crippen LogP contribution in [0.4, 0.5) is 5.69 Å². The second-order valence-electron chi connectivity index (χ2n) is 5.57. The van der Waals surface area contributed by atoms with E-state index in [1.165, 1.54) is 6.33 Å². The molecule has 120 valence electrons. The molecule has 3 heterocycles. The summed E-state index contributed by atoms with van der Waals surface area (Å²) in [4.78, 5) is 3.97. The molecule has 0 aliphatic carbocycles. The Kier molecular flexibility index (Phi) is 3.62. The van der Waals surface area contributed by atoms with Gasteiger partial charge >= 0.3 is 0 Å². The third-order valence-electron chi connectivity index (χ3n) is 3.67. The van der Waals surface area contributed by atoms with Gasteiger partial charge < -0.3 is 5.32 Å². The predicted octanol–water partition coefficient (Wildman–Crippen LogP) is 1.88. The molecule has 4 aromatic rings. The third kappa shape index (κ3) is 2.81. The molecule has 8 nitrogen and oxygen atoms in total. The molecule has 0 bridgehead atoms. The summed E-state index contributed by atoms with van der Waals surface area (Å²) in [7, 11) is 0. The molecule has 0 aliphatic rings. The third-order valence-corrected chi connectivity index (χ3v) is 3.67. The second kappa shape index (κ2) is 6.07. The van der Waals surface area contributed by atoms with Gasteiger partial charge in [0, 0.05) is 11.6 Å². The Morgan fingerprint density at radius 3 is 2.83 bits per heavy atom. The number of hydrogen-bond acceptors (Lipinski definition) is 6. The Morgan fingerprint density at radius 1 is 1.17 bits per heavy atom. The lowest BCUT2D eigenvalue weighted by molar-refractivity contribution is 0.559. The number of nitrogens with zero attached hydrogens (tertiary/aromatic N) is 7. The maximum absolute atomic E-state index is 4.57. The number of benzene rings is 1. The highest BCUT2D eigenvalue weighted by Crippen LogP contribution is 2.23. The number of hydrogen-bond donors (Lipinski definition) is 1. The van der Waals surface area contributed by atoms with Crippen LogP contribution in [0.2, 0.25) is 0 Å². The number of anilines is 1. The lowest BCUT2D eigenvalue weighted by Crippen LogP contribution is -2.22. The molecule has 24 heavy (non-hydrogen) atoms. The van der Waals surface area contributed by atoms with E-state index in [-0.39, 0.29) is 6.04 Å². The van der Waals surface area contributed by atoms with Crippen LogP contribution in [-0.4, -0.2) is 40.6 Å². The minimum absolute atomic E-state index is 0.137. The highest BCUT2D eigenvalue weighted by Gasteiger charge is 2.12. The first-order chi connectivity index (χ1) is 11.8. The van der Waals surface area contributed by atoms with Crippen molar-refractivity contribution >= 4 is 11.3 Å². The molecule has 1 N–H and O–H groups in total. The molecule has 1 unspecified atom stereocenters. The Hall–Kier alpha value is -3.29. The van der Waals surface area contributed by atoms with Gasteiger partial charge in [0.25, 0.3) is 0 Å². The number of fused-ring (bicyclic) bond motifs is 1. The first-order valence-corrected chi connectivity index (χ1v) is 7.65. The van der Waals surface area contributed by atoms with Crippen LogP contribution < -0.4 is 5.32 Å². The summed E-state index contributed by atoms with van der Waals surface area (Å²) in [6.45, 7) is 2.78. The molecule has 1 atom stereocenters. The van der Waals surface area contributed by atoms with Gasteiger partial charge in [-0.25, -0.2) is 4.98 Å². The average Bonchev–Trinajstić information content (AvgIpc) is 3.27. The van der Waals surface area contributed by atoms with E-state index in [1.807, 2.05) is 36.4 Å². The summed E-state index contributed by atoms with van der Waals surface area (Å²) in [6.07, 6.45) is 4.84. The van der Waals surface area contributed by atoms with E-state index in [1.54, 1.807) is 21.9 Å². The fourth-order valence-corrected chi connectivity index (χ4v) is 2.60. The maximum atomic E-state index is 4.57. The molecule has 3 aromatic heterocycles. The molecular formula is C16H16N8. The minimum atomic E-state index is 0.137. The Labute approximate surface area is 138 Å². The van der Waals surface area contributed by atoms with Crippen LogP contribution in [0.1, 0.15) is 6.92 Å². The van der Waals surface area contributed by atoms with Gasteiger partial charge in [-0.1, -0.05) is 30.3 Å². The molecule has 0 amide bonds. The highest BCUT2D eigenvalue weighted by molar-refractivity contribution is 5.73. The van der Waals surface area contributed by atoms with Crippen molar-refractivity contribution in [1.29, 1.82) is 0 Å². The monoisotopic (exact) mass is 320 g/mol. The zero-order valence-electron chi connectivity index (χ0n) is 13.1. The number of aromatic nitrogens is 7. The number of nitrogens with one attached hydrogen (secondary N) is 1. The Morgan fingerprint density at radius 2 is 2.04 bits per heavy atom. The van der Waals surface area contributed by atoms with Gasteiger partial charge in [-0.3, -0.25) is 4.68 Å². The maximum Gasteiger partial charge on any atom is 0.200 e. The van der Waals surface area contributed by atoms with Crippen LogP contribution in [0.25, 0.3) is 16.9 Å². The SMILES string of the molecule is CC(Cn1cncn1)Nc1cc(-c2ccccc2)nn2cnnc12. The van der Waals surface area contributed by atoms with Crippen molar-refractivity contribution < 1.29 is 0 Å². The van der Waals surface area contributed by atoms with Crippen molar-refractivity contribution in [2.75, 3.05) is 5.32 Å². The van der Waals surface area contributed by atoms with Crippen molar-refractivity contribution in [2.45, 2.75) is 19.5 Å². The van der Waals surface area contributed by atoms with Crippen LogP contribution in [0, 0.1) is 0 Å². The van der Waals surface area contributed by atoms with E-state index in [2.05, 4.69) is 37.6 Å². The largest absolute Gasteiger partial charge is 0.378 e. The van der Waals surface area contributed by atoms with Crippen LogP contribution in [-0.2, 0) is 6.54 Å². The van der Waals surface area contributed by atoms with Crippen LogP contribution >= 0.6 is 0 Å². The van der Waals surface area contributed by atoms with Gasteiger partial charge in [-0.2, -0.15) is 14.7 Å². The van der Waals surface area contributed by atoms with E-state index >= 15 is 0 Å². The summed E-state index contributed by atoms with van der Waals surface area (Å²) in [5.41, 5.74) is 3.48. The fourth-order valence-electron chi connectivity index (χ4n) is 2.60. The summed E-state index contributed by atoms with van der Waals surface area (Å²) >= 11 is 0. The molecule has 0 saturated heterocycles.